The van der Waals surface area contributed by atoms with E-state index in [1.165, 1.54) is 27.6 Å². The van der Waals surface area contributed by atoms with Gasteiger partial charge < -0.3 is 15.0 Å². The summed E-state index contributed by atoms with van der Waals surface area (Å²) in [5.41, 5.74) is 5.13. The number of benzene rings is 2. The number of fused-ring (bicyclic) bond motifs is 1. The van der Waals surface area contributed by atoms with Crippen LogP contribution in [0.3, 0.4) is 0 Å². The minimum absolute atomic E-state index is 0.157. The van der Waals surface area contributed by atoms with Gasteiger partial charge in [-0.2, -0.15) is 0 Å². The van der Waals surface area contributed by atoms with Gasteiger partial charge in [-0.1, -0.05) is 55.0 Å². The second-order valence-corrected chi connectivity index (χ2v) is 6.45. The van der Waals surface area contributed by atoms with Gasteiger partial charge in [-0.25, -0.2) is 0 Å². The van der Waals surface area contributed by atoms with Crippen molar-refractivity contribution in [1.82, 2.24) is 9.88 Å². The lowest BCUT2D eigenvalue weighted by Gasteiger charge is -2.13. The van der Waals surface area contributed by atoms with E-state index in [0.29, 0.717) is 0 Å². The molecule has 0 saturated carbocycles. The first-order valence-electron chi connectivity index (χ1n) is 8.67. The van der Waals surface area contributed by atoms with E-state index in [9.17, 15) is 5.11 Å². The zero-order valence-electron chi connectivity index (χ0n) is 14.5. The molecule has 0 unspecified atom stereocenters. The Morgan fingerprint density at radius 1 is 1.08 bits per heavy atom. The lowest BCUT2D eigenvalue weighted by molar-refractivity contribution is 0.238. The van der Waals surface area contributed by atoms with E-state index >= 15 is 0 Å². The van der Waals surface area contributed by atoms with Crippen LogP contribution in [0.5, 0.6) is 0 Å². The van der Waals surface area contributed by atoms with E-state index in [-0.39, 0.29) is 12.6 Å². The fraction of sp³-hybridized carbons (Fsp3) is 0.333. The molecule has 0 aliphatic heterocycles. The molecule has 0 spiro atoms. The van der Waals surface area contributed by atoms with Crippen LogP contribution < -0.4 is 5.32 Å². The number of para-hydroxylation sites is 1. The third-order valence-corrected chi connectivity index (χ3v) is 4.64. The standard InChI is InChI=1S/C21H26N2O/c1-3-19(15-24)22-12-18-14-23(21-7-5-4-6-20(18)21)13-17-10-8-16(2)9-11-17/h4-11,14,19,22,24H,3,12-13,15H2,1-2H3/t19-/m1/s1. The molecule has 0 aliphatic rings. The Balaban J connectivity index is 1.87. The van der Waals surface area contributed by atoms with E-state index in [1.807, 2.05) is 0 Å². The molecule has 0 radical (unpaired) electrons. The van der Waals surface area contributed by atoms with E-state index in [0.717, 1.165) is 19.5 Å². The molecule has 3 aromatic rings. The van der Waals surface area contributed by atoms with Crippen LogP contribution in [0, 0.1) is 6.92 Å². The summed E-state index contributed by atoms with van der Waals surface area (Å²) in [5, 5.41) is 14.1. The molecule has 0 bridgehead atoms. The first kappa shape index (κ1) is 16.7. The fourth-order valence-electron chi connectivity index (χ4n) is 3.08. The molecule has 3 nitrogen and oxygen atoms in total. The summed E-state index contributed by atoms with van der Waals surface area (Å²) in [6.07, 6.45) is 3.17. The van der Waals surface area contributed by atoms with Crippen molar-refractivity contribution in [2.24, 2.45) is 0 Å². The Bertz CT molecular complexity index is 785. The number of aryl methyl sites for hydroxylation is 1. The van der Waals surface area contributed by atoms with Crippen LogP contribution in [0.4, 0.5) is 0 Å². The van der Waals surface area contributed by atoms with Gasteiger partial charge in [0.05, 0.1) is 6.61 Å². The predicted octanol–water partition coefficient (Wildman–Crippen LogP) is 3.86. The van der Waals surface area contributed by atoms with Crippen LogP contribution in [-0.4, -0.2) is 22.3 Å². The number of nitrogens with zero attached hydrogens (tertiary/aromatic N) is 1. The van der Waals surface area contributed by atoms with Crippen molar-refractivity contribution < 1.29 is 5.11 Å². The third kappa shape index (κ3) is 3.69. The summed E-state index contributed by atoms with van der Waals surface area (Å²) < 4.78 is 2.32. The Kier molecular flexibility index (Phi) is 5.34. The minimum atomic E-state index is 0.157. The van der Waals surface area contributed by atoms with Gasteiger partial charge in [-0.05, 0) is 30.5 Å². The van der Waals surface area contributed by atoms with Crippen LogP contribution in [0.25, 0.3) is 10.9 Å². The van der Waals surface area contributed by atoms with Gasteiger partial charge in [-0.3, -0.25) is 0 Å². The summed E-state index contributed by atoms with van der Waals surface area (Å²) >= 11 is 0. The third-order valence-electron chi connectivity index (χ3n) is 4.64. The highest BCUT2D eigenvalue weighted by Crippen LogP contribution is 2.22. The number of aromatic nitrogens is 1. The second kappa shape index (κ2) is 7.65. The van der Waals surface area contributed by atoms with E-state index < -0.39 is 0 Å². The predicted molar refractivity (Wildman–Crippen MR) is 100 cm³/mol. The molecule has 2 N–H and O–H groups in total. The fourth-order valence-corrected chi connectivity index (χ4v) is 3.08. The number of aliphatic hydroxyl groups excluding tert-OH is 1. The molecule has 126 valence electrons. The lowest BCUT2D eigenvalue weighted by atomic mass is 10.1. The molecule has 0 amide bonds. The quantitative estimate of drug-likeness (QED) is 0.693. The summed E-state index contributed by atoms with van der Waals surface area (Å²) in [6, 6.07) is 17.4. The highest BCUT2D eigenvalue weighted by molar-refractivity contribution is 5.84. The van der Waals surface area contributed by atoms with Gasteiger partial charge >= 0.3 is 0 Å². The highest BCUT2D eigenvalue weighted by Gasteiger charge is 2.10. The molecule has 1 atom stereocenters. The van der Waals surface area contributed by atoms with Crippen LogP contribution in [0.15, 0.2) is 54.7 Å². The average molecular weight is 322 g/mol. The number of hydrogen-bond donors (Lipinski definition) is 2. The summed E-state index contributed by atoms with van der Waals surface area (Å²) in [7, 11) is 0. The van der Waals surface area contributed by atoms with E-state index in [2.05, 4.69) is 78.5 Å². The van der Waals surface area contributed by atoms with Crippen molar-refractivity contribution in [2.75, 3.05) is 6.61 Å². The van der Waals surface area contributed by atoms with Crippen LogP contribution >= 0.6 is 0 Å². The van der Waals surface area contributed by atoms with Crippen molar-refractivity contribution in [2.45, 2.75) is 39.4 Å². The molecule has 1 aromatic heterocycles. The maximum absolute atomic E-state index is 9.37. The molecule has 3 heteroatoms. The Morgan fingerprint density at radius 2 is 1.83 bits per heavy atom. The smallest absolute Gasteiger partial charge is 0.0584 e. The zero-order valence-corrected chi connectivity index (χ0v) is 14.5. The zero-order chi connectivity index (χ0) is 16.9. The topological polar surface area (TPSA) is 37.2 Å². The van der Waals surface area contributed by atoms with Crippen molar-refractivity contribution in [3.63, 3.8) is 0 Å². The molecular formula is C21H26N2O. The van der Waals surface area contributed by atoms with Crippen LogP contribution in [0.2, 0.25) is 0 Å². The van der Waals surface area contributed by atoms with Crippen molar-refractivity contribution in [3.8, 4) is 0 Å². The van der Waals surface area contributed by atoms with Gasteiger partial charge in [0.2, 0.25) is 0 Å². The number of nitrogens with one attached hydrogen (secondary N) is 1. The van der Waals surface area contributed by atoms with E-state index in [1.54, 1.807) is 0 Å². The lowest BCUT2D eigenvalue weighted by Crippen LogP contribution is -2.31. The SMILES string of the molecule is CC[C@H](CO)NCc1cn(Cc2ccc(C)cc2)c2ccccc12. The Hall–Kier alpha value is -2.10. The maximum atomic E-state index is 9.37. The highest BCUT2D eigenvalue weighted by atomic mass is 16.3. The van der Waals surface area contributed by atoms with E-state index in [4.69, 9.17) is 0 Å². The van der Waals surface area contributed by atoms with Crippen molar-refractivity contribution in [3.05, 3.63) is 71.4 Å². The van der Waals surface area contributed by atoms with Gasteiger partial charge in [-0.15, -0.1) is 0 Å². The van der Waals surface area contributed by atoms with Crippen LogP contribution in [0.1, 0.15) is 30.0 Å². The molecule has 24 heavy (non-hydrogen) atoms. The second-order valence-electron chi connectivity index (χ2n) is 6.45. The molecule has 1 heterocycles. The molecule has 0 aliphatic carbocycles. The normalized spacial score (nSPS) is 12.6. The largest absolute Gasteiger partial charge is 0.395 e. The van der Waals surface area contributed by atoms with Gasteiger partial charge in [0, 0.05) is 36.2 Å². The Labute approximate surface area is 143 Å². The first-order chi connectivity index (χ1) is 11.7. The monoisotopic (exact) mass is 322 g/mol. The first-order valence-corrected chi connectivity index (χ1v) is 8.67. The van der Waals surface area contributed by atoms with Gasteiger partial charge in [0.1, 0.15) is 0 Å². The molecule has 2 aromatic carbocycles. The van der Waals surface area contributed by atoms with Gasteiger partial charge in [0.25, 0.3) is 0 Å². The summed E-state index contributed by atoms with van der Waals surface area (Å²) in [4.78, 5) is 0. The van der Waals surface area contributed by atoms with Crippen LogP contribution in [-0.2, 0) is 13.1 Å². The minimum Gasteiger partial charge on any atom is -0.395 e. The molecule has 0 fully saturated rings. The summed E-state index contributed by atoms with van der Waals surface area (Å²) in [6.45, 7) is 6.04. The number of rotatable bonds is 7. The average Bonchev–Trinajstić information content (AvgIpc) is 2.96. The Morgan fingerprint density at radius 3 is 2.54 bits per heavy atom. The number of aliphatic hydroxyl groups is 1. The molecule has 0 saturated heterocycles. The van der Waals surface area contributed by atoms with Crippen molar-refractivity contribution >= 4 is 10.9 Å². The molecule has 3 rings (SSSR count). The summed E-state index contributed by atoms with van der Waals surface area (Å²) in [5.74, 6) is 0. The van der Waals surface area contributed by atoms with Crippen molar-refractivity contribution in [1.29, 1.82) is 0 Å². The number of hydrogen-bond acceptors (Lipinski definition) is 2. The molecular weight excluding hydrogens is 296 g/mol. The van der Waals surface area contributed by atoms with Gasteiger partial charge in [0.15, 0.2) is 0 Å². The maximum Gasteiger partial charge on any atom is 0.0584 e.